The smallest absolute Gasteiger partial charge is 0.244 e. The molecule has 0 radical (unpaired) electrons. The Morgan fingerprint density at radius 3 is 2.22 bits per heavy atom. The monoisotopic (exact) mass is 643 g/mol. The van der Waals surface area contributed by atoms with Crippen molar-refractivity contribution in [3.63, 3.8) is 0 Å². The molecule has 1 N–H and O–H groups in total. The molecule has 0 spiro atoms. The molecule has 0 heterocycles. The molecular weight excluding hydrogens is 606 g/mol. The molecule has 0 saturated carbocycles. The maximum Gasteiger partial charge on any atom is 0.244 e. The van der Waals surface area contributed by atoms with Gasteiger partial charge >= 0.3 is 0 Å². The molecule has 1 atom stereocenters. The van der Waals surface area contributed by atoms with E-state index in [1.165, 1.54) is 4.90 Å². The Kier molecular flexibility index (Phi) is 10.6. The van der Waals surface area contributed by atoms with Gasteiger partial charge in [0.1, 0.15) is 18.3 Å². The minimum absolute atomic E-state index is 0.0715. The Balaban J connectivity index is 2.10. The second kappa shape index (κ2) is 13.5. The van der Waals surface area contributed by atoms with E-state index in [2.05, 4.69) is 21.2 Å². The first-order valence-corrected chi connectivity index (χ1v) is 15.8. The van der Waals surface area contributed by atoms with Crippen LogP contribution in [0.5, 0.6) is 5.75 Å². The Morgan fingerprint density at radius 2 is 1.63 bits per heavy atom. The van der Waals surface area contributed by atoms with Crippen molar-refractivity contribution in [2.24, 2.45) is 0 Å². The fraction of sp³-hybridized carbons (Fsp3) is 0.355. The van der Waals surface area contributed by atoms with Crippen molar-refractivity contribution in [2.45, 2.75) is 52.2 Å². The van der Waals surface area contributed by atoms with Crippen LogP contribution in [0, 0.1) is 6.92 Å². The molecule has 3 rings (SSSR count). The van der Waals surface area contributed by atoms with Gasteiger partial charge in [-0.3, -0.25) is 13.9 Å². The van der Waals surface area contributed by atoms with Crippen molar-refractivity contribution in [3.05, 3.63) is 94.0 Å². The Bertz CT molecular complexity index is 1470. The summed E-state index contributed by atoms with van der Waals surface area (Å²) in [5, 5.41) is 3.02. The normalized spacial score (nSPS) is 12.4. The quantitative estimate of drug-likeness (QED) is 0.314. The Labute approximate surface area is 251 Å². The summed E-state index contributed by atoms with van der Waals surface area (Å²) in [6, 6.07) is 20.9. The summed E-state index contributed by atoms with van der Waals surface area (Å²) in [7, 11) is -2.29. The fourth-order valence-corrected chi connectivity index (χ4v) is 5.46. The van der Waals surface area contributed by atoms with Gasteiger partial charge in [-0.2, -0.15) is 0 Å². The van der Waals surface area contributed by atoms with Crippen molar-refractivity contribution >= 4 is 43.5 Å². The molecule has 0 aromatic heterocycles. The summed E-state index contributed by atoms with van der Waals surface area (Å²) < 4.78 is 33.2. The highest BCUT2D eigenvalue weighted by Crippen LogP contribution is 2.26. The Morgan fingerprint density at radius 1 is 0.976 bits per heavy atom. The number of benzene rings is 3. The average molecular weight is 645 g/mol. The highest BCUT2D eigenvalue weighted by Gasteiger charge is 2.34. The van der Waals surface area contributed by atoms with Crippen molar-refractivity contribution in [2.75, 3.05) is 24.2 Å². The molecule has 0 fully saturated rings. The maximum absolute atomic E-state index is 14.2. The third kappa shape index (κ3) is 9.33. The number of methoxy groups -OCH3 is 1. The number of aryl methyl sites for hydroxylation is 1. The van der Waals surface area contributed by atoms with Crippen molar-refractivity contribution < 1.29 is 22.7 Å². The van der Waals surface area contributed by atoms with Crippen LogP contribution in [0.1, 0.15) is 37.5 Å². The van der Waals surface area contributed by atoms with Gasteiger partial charge < -0.3 is 15.0 Å². The van der Waals surface area contributed by atoms with E-state index in [9.17, 15) is 18.0 Å². The lowest BCUT2D eigenvalue weighted by Gasteiger charge is -2.35. The maximum atomic E-state index is 14.2. The first-order chi connectivity index (χ1) is 19.2. The minimum atomic E-state index is -3.84. The lowest BCUT2D eigenvalue weighted by atomic mass is 10.0. The highest BCUT2D eigenvalue weighted by molar-refractivity contribution is 9.10. The van der Waals surface area contributed by atoms with Gasteiger partial charge in [-0.05, 0) is 74.7 Å². The van der Waals surface area contributed by atoms with Gasteiger partial charge in [-0.15, -0.1) is 0 Å². The standard InChI is InChI=1S/C31H38BrN3O5S/c1-22-17-25(15-16-27(22)32)35(41(6,38)39)21-29(36)34(20-24-13-10-14-26(18-24)40-5)28(30(37)33-31(2,3)4)19-23-11-8-7-9-12-23/h7-18,28H,19-21H2,1-6H3,(H,33,37). The van der Waals surface area contributed by atoms with E-state index < -0.39 is 34.1 Å². The van der Waals surface area contributed by atoms with Crippen LogP contribution in [-0.4, -0.2) is 56.6 Å². The molecule has 10 heteroatoms. The van der Waals surface area contributed by atoms with Gasteiger partial charge in [0, 0.05) is 23.0 Å². The molecule has 2 amide bonds. The molecule has 220 valence electrons. The molecule has 0 aliphatic heterocycles. The SMILES string of the molecule is COc1cccc(CN(C(=O)CN(c2ccc(Br)c(C)c2)S(C)(=O)=O)C(Cc2ccccc2)C(=O)NC(C)(C)C)c1. The number of carbonyl (C=O) groups is 2. The fourth-order valence-electron chi connectivity index (χ4n) is 4.37. The number of carbonyl (C=O) groups excluding carboxylic acids is 2. The molecule has 41 heavy (non-hydrogen) atoms. The summed E-state index contributed by atoms with van der Waals surface area (Å²) in [5.74, 6) is -0.233. The van der Waals surface area contributed by atoms with E-state index in [4.69, 9.17) is 4.74 Å². The summed E-state index contributed by atoms with van der Waals surface area (Å²) in [5.41, 5.74) is 2.24. The van der Waals surface area contributed by atoms with E-state index in [0.717, 1.165) is 31.7 Å². The minimum Gasteiger partial charge on any atom is -0.497 e. The van der Waals surface area contributed by atoms with Crippen LogP contribution in [0.3, 0.4) is 0 Å². The summed E-state index contributed by atoms with van der Waals surface area (Å²) in [6.07, 6.45) is 1.31. The average Bonchev–Trinajstić information content (AvgIpc) is 2.90. The van der Waals surface area contributed by atoms with Crippen molar-refractivity contribution in [1.29, 1.82) is 0 Å². The third-order valence-corrected chi connectivity index (χ3v) is 8.40. The lowest BCUT2D eigenvalue weighted by Crippen LogP contribution is -2.56. The van der Waals surface area contributed by atoms with Gasteiger partial charge in [0.2, 0.25) is 21.8 Å². The molecule has 0 bridgehead atoms. The first kappa shape index (κ1) is 32.1. The zero-order chi connectivity index (χ0) is 30.4. The van der Waals surface area contributed by atoms with Crippen LogP contribution in [0.15, 0.2) is 77.3 Å². The predicted molar refractivity (Wildman–Crippen MR) is 166 cm³/mol. The van der Waals surface area contributed by atoms with Crippen LogP contribution in [0.25, 0.3) is 0 Å². The zero-order valence-corrected chi connectivity index (χ0v) is 26.8. The molecule has 1 unspecified atom stereocenters. The van der Waals surface area contributed by atoms with Crippen LogP contribution < -0.4 is 14.4 Å². The molecule has 8 nitrogen and oxygen atoms in total. The molecule has 3 aromatic rings. The van der Waals surface area contributed by atoms with Gasteiger partial charge in [0.25, 0.3) is 0 Å². The van der Waals surface area contributed by atoms with Gasteiger partial charge in [0.15, 0.2) is 0 Å². The predicted octanol–water partition coefficient (Wildman–Crippen LogP) is 5.09. The number of anilines is 1. The number of halogens is 1. The summed E-state index contributed by atoms with van der Waals surface area (Å²) in [4.78, 5) is 29.4. The van der Waals surface area contributed by atoms with E-state index in [0.29, 0.717) is 11.4 Å². The summed E-state index contributed by atoms with van der Waals surface area (Å²) in [6.45, 7) is 7.07. The first-order valence-electron chi connectivity index (χ1n) is 13.2. The van der Waals surface area contributed by atoms with Gasteiger partial charge in [0.05, 0.1) is 19.1 Å². The van der Waals surface area contributed by atoms with Crippen LogP contribution in [0.4, 0.5) is 5.69 Å². The van der Waals surface area contributed by atoms with Crippen LogP contribution >= 0.6 is 15.9 Å². The highest BCUT2D eigenvalue weighted by atomic mass is 79.9. The summed E-state index contributed by atoms with van der Waals surface area (Å²) >= 11 is 3.44. The van der Waals surface area contributed by atoms with Crippen molar-refractivity contribution in [1.82, 2.24) is 10.2 Å². The van der Waals surface area contributed by atoms with Crippen LogP contribution in [-0.2, 0) is 32.6 Å². The molecule has 3 aromatic carbocycles. The number of ether oxygens (including phenoxy) is 1. The molecule has 0 saturated heterocycles. The molecule has 0 aliphatic carbocycles. The van der Waals surface area contributed by atoms with E-state index in [1.54, 1.807) is 37.4 Å². The van der Waals surface area contributed by atoms with Crippen molar-refractivity contribution in [3.8, 4) is 5.75 Å². The number of amides is 2. The number of rotatable bonds is 11. The van der Waals surface area contributed by atoms with Gasteiger partial charge in [-0.1, -0.05) is 58.4 Å². The van der Waals surface area contributed by atoms with Gasteiger partial charge in [-0.25, -0.2) is 8.42 Å². The lowest BCUT2D eigenvalue weighted by molar-refractivity contribution is -0.140. The zero-order valence-electron chi connectivity index (χ0n) is 24.3. The number of nitrogens with zero attached hydrogens (tertiary/aromatic N) is 2. The topological polar surface area (TPSA) is 96.0 Å². The molecular formula is C31H38BrN3O5S. The largest absolute Gasteiger partial charge is 0.497 e. The number of hydrogen-bond acceptors (Lipinski definition) is 5. The van der Waals surface area contributed by atoms with E-state index in [-0.39, 0.29) is 18.9 Å². The third-order valence-electron chi connectivity index (χ3n) is 6.37. The number of hydrogen-bond donors (Lipinski definition) is 1. The number of sulfonamides is 1. The van der Waals surface area contributed by atoms with E-state index >= 15 is 0 Å². The van der Waals surface area contributed by atoms with Crippen LogP contribution in [0.2, 0.25) is 0 Å². The molecule has 0 aliphatic rings. The second-order valence-electron chi connectivity index (χ2n) is 11.0. The second-order valence-corrected chi connectivity index (χ2v) is 13.8. The van der Waals surface area contributed by atoms with E-state index in [1.807, 2.05) is 70.2 Å². The number of nitrogens with one attached hydrogen (secondary N) is 1. The Hall–Kier alpha value is -3.37.